The first-order chi connectivity index (χ1) is 14.9. The third-order valence-corrected chi connectivity index (χ3v) is 5.97. The van der Waals surface area contributed by atoms with Crippen LogP contribution in [0.2, 0.25) is 0 Å². The molecule has 4 heterocycles. The summed E-state index contributed by atoms with van der Waals surface area (Å²) >= 11 is 0. The van der Waals surface area contributed by atoms with Gasteiger partial charge in [-0.3, -0.25) is 14.5 Å². The summed E-state index contributed by atoms with van der Waals surface area (Å²) in [6.45, 7) is 9.70. The molecule has 0 spiro atoms. The van der Waals surface area contributed by atoms with Crippen molar-refractivity contribution in [3.63, 3.8) is 0 Å². The lowest BCUT2D eigenvalue weighted by Gasteiger charge is -2.11. The van der Waals surface area contributed by atoms with Crippen LogP contribution >= 0.6 is 0 Å². The summed E-state index contributed by atoms with van der Waals surface area (Å²) in [5.74, 6) is 0.565. The van der Waals surface area contributed by atoms with Gasteiger partial charge in [-0.25, -0.2) is 14.5 Å². The van der Waals surface area contributed by atoms with Crippen LogP contribution in [0.4, 0.5) is 0 Å². The SMILES string of the molecule is Cc1c(C)n(CC(C)C)c2ncn3nc(CCN4C(=O)c5ccccc5C4=O)nc3c12. The van der Waals surface area contributed by atoms with Gasteiger partial charge in [0.25, 0.3) is 11.8 Å². The molecule has 8 heteroatoms. The Kier molecular flexibility index (Phi) is 4.39. The van der Waals surface area contributed by atoms with Crippen molar-refractivity contribution in [3.05, 3.63) is 58.8 Å². The largest absolute Gasteiger partial charge is 0.329 e. The molecule has 0 saturated heterocycles. The number of aryl methyl sites for hydroxylation is 1. The minimum atomic E-state index is -0.259. The lowest BCUT2D eigenvalue weighted by atomic mass is 10.1. The van der Waals surface area contributed by atoms with E-state index in [-0.39, 0.29) is 18.4 Å². The molecule has 1 aromatic carbocycles. The highest BCUT2D eigenvalue weighted by Gasteiger charge is 2.34. The summed E-state index contributed by atoms with van der Waals surface area (Å²) in [4.78, 5) is 35.9. The van der Waals surface area contributed by atoms with Crippen LogP contribution in [-0.2, 0) is 13.0 Å². The zero-order chi connectivity index (χ0) is 21.9. The number of hydrogen-bond donors (Lipinski definition) is 0. The minimum absolute atomic E-state index is 0.242. The third-order valence-electron chi connectivity index (χ3n) is 5.97. The summed E-state index contributed by atoms with van der Waals surface area (Å²) in [5.41, 5.74) is 4.91. The van der Waals surface area contributed by atoms with Crippen molar-refractivity contribution in [2.24, 2.45) is 5.92 Å². The quantitative estimate of drug-likeness (QED) is 0.467. The molecule has 1 aliphatic heterocycles. The van der Waals surface area contributed by atoms with E-state index < -0.39 is 0 Å². The van der Waals surface area contributed by atoms with E-state index >= 15 is 0 Å². The van der Waals surface area contributed by atoms with Gasteiger partial charge in [-0.1, -0.05) is 26.0 Å². The molecular formula is C23H24N6O2. The van der Waals surface area contributed by atoms with Crippen LogP contribution < -0.4 is 0 Å². The molecule has 4 aromatic rings. The topological polar surface area (TPSA) is 85.4 Å². The fourth-order valence-electron chi connectivity index (χ4n) is 4.32. The molecule has 0 radical (unpaired) electrons. The maximum Gasteiger partial charge on any atom is 0.261 e. The second-order valence-electron chi connectivity index (χ2n) is 8.51. The fraction of sp³-hybridized carbons (Fsp3) is 0.348. The number of hydrogen-bond acceptors (Lipinski definition) is 5. The molecule has 0 atom stereocenters. The maximum atomic E-state index is 12.6. The van der Waals surface area contributed by atoms with E-state index in [1.807, 2.05) is 0 Å². The molecule has 158 valence electrons. The second kappa shape index (κ2) is 7.01. The normalized spacial score (nSPS) is 13.9. The Balaban J connectivity index is 1.46. The van der Waals surface area contributed by atoms with Crippen molar-refractivity contribution in [3.8, 4) is 0 Å². The van der Waals surface area contributed by atoms with E-state index in [1.54, 1.807) is 35.1 Å². The molecule has 8 nitrogen and oxygen atoms in total. The zero-order valence-corrected chi connectivity index (χ0v) is 18.1. The lowest BCUT2D eigenvalue weighted by Crippen LogP contribution is -2.31. The number of rotatable bonds is 5. The van der Waals surface area contributed by atoms with Crippen LogP contribution in [0.3, 0.4) is 0 Å². The van der Waals surface area contributed by atoms with Gasteiger partial charge < -0.3 is 4.57 Å². The van der Waals surface area contributed by atoms with Crippen molar-refractivity contribution in [2.45, 2.75) is 40.7 Å². The summed E-state index contributed by atoms with van der Waals surface area (Å²) < 4.78 is 3.93. The van der Waals surface area contributed by atoms with Gasteiger partial charge in [0.2, 0.25) is 0 Å². The Morgan fingerprint density at radius 3 is 2.32 bits per heavy atom. The summed E-state index contributed by atoms with van der Waals surface area (Å²) in [6.07, 6.45) is 2.07. The average Bonchev–Trinajstić information content (AvgIpc) is 3.35. The number of fused-ring (bicyclic) bond motifs is 4. The smallest absolute Gasteiger partial charge is 0.261 e. The van der Waals surface area contributed by atoms with Gasteiger partial charge in [0.15, 0.2) is 11.5 Å². The molecule has 3 aromatic heterocycles. The van der Waals surface area contributed by atoms with Crippen LogP contribution in [0.25, 0.3) is 16.7 Å². The predicted molar refractivity (Wildman–Crippen MR) is 116 cm³/mol. The molecule has 0 N–H and O–H groups in total. The fourth-order valence-corrected chi connectivity index (χ4v) is 4.32. The van der Waals surface area contributed by atoms with Crippen LogP contribution in [0.5, 0.6) is 0 Å². The number of carbonyl (C=O) groups is 2. The first-order valence-electron chi connectivity index (χ1n) is 10.5. The van der Waals surface area contributed by atoms with E-state index in [1.165, 1.54) is 10.6 Å². The van der Waals surface area contributed by atoms with Gasteiger partial charge in [0.05, 0.1) is 16.5 Å². The van der Waals surface area contributed by atoms with E-state index in [9.17, 15) is 9.59 Å². The molecule has 1 aliphatic rings. The van der Waals surface area contributed by atoms with Gasteiger partial charge in [-0.05, 0) is 37.5 Å². The number of carbonyl (C=O) groups excluding carboxylic acids is 2. The van der Waals surface area contributed by atoms with Gasteiger partial charge in [-0.15, -0.1) is 5.10 Å². The van der Waals surface area contributed by atoms with Crippen LogP contribution in [0.1, 0.15) is 51.6 Å². The number of benzene rings is 1. The average molecular weight is 416 g/mol. The Bertz CT molecular complexity index is 1330. The molecule has 2 amide bonds. The van der Waals surface area contributed by atoms with E-state index in [0.717, 1.165) is 28.8 Å². The highest BCUT2D eigenvalue weighted by molar-refractivity contribution is 6.21. The summed E-state index contributed by atoms with van der Waals surface area (Å²) in [5, 5.41) is 5.55. The number of imide groups is 1. The zero-order valence-electron chi connectivity index (χ0n) is 18.1. The van der Waals surface area contributed by atoms with Crippen LogP contribution in [0.15, 0.2) is 30.6 Å². The second-order valence-corrected chi connectivity index (χ2v) is 8.51. The molecule has 31 heavy (non-hydrogen) atoms. The van der Waals surface area contributed by atoms with E-state index in [4.69, 9.17) is 4.98 Å². The third kappa shape index (κ3) is 2.93. The number of aromatic nitrogens is 5. The molecular weight excluding hydrogens is 392 g/mol. The monoisotopic (exact) mass is 416 g/mol. The highest BCUT2D eigenvalue weighted by atomic mass is 16.2. The Labute approximate surface area is 179 Å². The first-order valence-corrected chi connectivity index (χ1v) is 10.5. The van der Waals surface area contributed by atoms with Crippen molar-refractivity contribution in [1.82, 2.24) is 29.0 Å². The first kappa shape index (κ1) is 19.4. The molecule has 0 unspecified atom stereocenters. The van der Waals surface area contributed by atoms with Crippen molar-refractivity contribution in [2.75, 3.05) is 6.54 Å². The number of amides is 2. The molecule has 5 rings (SSSR count). The summed E-state index contributed by atoms with van der Waals surface area (Å²) in [7, 11) is 0. The van der Waals surface area contributed by atoms with Crippen molar-refractivity contribution < 1.29 is 9.59 Å². The van der Waals surface area contributed by atoms with Gasteiger partial charge in [0, 0.05) is 25.2 Å². The maximum absolute atomic E-state index is 12.6. The Morgan fingerprint density at radius 1 is 1.00 bits per heavy atom. The Hall–Kier alpha value is -3.55. The molecule has 0 saturated carbocycles. The van der Waals surface area contributed by atoms with Crippen LogP contribution in [-0.4, -0.2) is 47.4 Å². The predicted octanol–water partition coefficient (Wildman–Crippen LogP) is 3.19. The molecule has 0 aliphatic carbocycles. The van der Waals surface area contributed by atoms with Gasteiger partial charge in [0.1, 0.15) is 12.0 Å². The molecule has 0 fully saturated rings. The lowest BCUT2D eigenvalue weighted by molar-refractivity contribution is 0.0655. The van der Waals surface area contributed by atoms with Crippen LogP contribution in [0, 0.1) is 19.8 Å². The Morgan fingerprint density at radius 2 is 1.68 bits per heavy atom. The van der Waals surface area contributed by atoms with Gasteiger partial charge >= 0.3 is 0 Å². The highest BCUT2D eigenvalue weighted by Crippen LogP contribution is 2.28. The van der Waals surface area contributed by atoms with E-state index in [0.29, 0.717) is 29.3 Å². The van der Waals surface area contributed by atoms with Crippen molar-refractivity contribution in [1.29, 1.82) is 0 Å². The number of nitrogens with zero attached hydrogens (tertiary/aromatic N) is 6. The van der Waals surface area contributed by atoms with Gasteiger partial charge in [-0.2, -0.15) is 0 Å². The minimum Gasteiger partial charge on any atom is -0.329 e. The molecule has 0 bridgehead atoms. The van der Waals surface area contributed by atoms with E-state index in [2.05, 4.69) is 42.3 Å². The standard InChI is InChI=1S/C23H24N6O2/c1-13(2)11-28-15(4)14(3)19-20(28)24-12-29-21(19)25-18(26-29)9-10-27-22(30)16-7-5-6-8-17(16)23(27)31/h5-8,12-13H,9-11H2,1-4H3. The van der Waals surface area contributed by atoms with Crippen molar-refractivity contribution >= 4 is 28.5 Å². The summed E-state index contributed by atoms with van der Waals surface area (Å²) in [6, 6.07) is 6.92.